The van der Waals surface area contributed by atoms with Crippen molar-refractivity contribution in [3.63, 3.8) is 0 Å². The average Bonchev–Trinajstić information content (AvgIpc) is 3.03. The quantitative estimate of drug-likeness (QED) is 0.903. The van der Waals surface area contributed by atoms with Gasteiger partial charge in [-0.15, -0.1) is 11.3 Å². The molecule has 3 N–H and O–H groups in total. The number of nitrogens with zero attached hydrogens (tertiary/aromatic N) is 2. The van der Waals surface area contributed by atoms with Crippen LogP contribution in [0.4, 0.5) is 10.8 Å². The van der Waals surface area contributed by atoms with Gasteiger partial charge in [0, 0.05) is 17.1 Å². The second-order valence-corrected chi connectivity index (χ2v) is 6.32. The summed E-state index contributed by atoms with van der Waals surface area (Å²) in [5.41, 5.74) is 8.01. The molecule has 96 valence electrons. The molecule has 0 radical (unpaired) electrons. The van der Waals surface area contributed by atoms with Gasteiger partial charge < -0.3 is 11.1 Å². The Morgan fingerprint density at radius 3 is 2.83 bits per heavy atom. The highest BCUT2D eigenvalue weighted by molar-refractivity contribution is 7.15. The molecule has 0 atom stereocenters. The molecule has 0 aliphatic heterocycles. The van der Waals surface area contributed by atoms with E-state index in [0.29, 0.717) is 11.9 Å². The Balaban J connectivity index is 1.90. The molecular weight excluding hydrogens is 264 g/mol. The first kappa shape index (κ1) is 11.9. The normalized spacial score (nSPS) is 16.3. The molecule has 0 unspecified atom stereocenters. The Morgan fingerprint density at radius 1 is 1.39 bits per heavy atom. The molecule has 6 heteroatoms. The lowest BCUT2D eigenvalue weighted by Crippen LogP contribution is -2.14. The van der Waals surface area contributed by atoms with Gasteiger partial charge in [0.15, 0.2) is 0 Å². The van der Waals surface area contributed by atoms with Crippen molar-refractivity contribution in [3.05, 3.63) is 11.1 Å². The van der Waals surface area contributed by atoms with Gasteiger partial charge in [-0.2, -0.15) is 4.37 Å². The molecule has 1 fully saturated rings. The van der Waals surface area contributed by atoms with Crippen LogP contribution < -0.4 is 11.1 Å². The van der Waals surface area contributed by atoms with Crippen LogP contribution in [0.5, 0.6) is 0 Å². The zero-order valence-corrected chi connectivity index (χ0v) is 11.9. The molecule has 1 aliphatic rings. The van der Waals surface area contributed by atoms with E-state index in [1.807, 2.05) is 12.3 Å². The number of aryl methyl sites for hydroxylation is 1. The molecule has 0 spiro atoms. The fourth-order valence-corrected chi connectivity index (χ4v) is 4.05. The number of hydrogen-bond donors (Lipinski definition) is 2. The second kappa shape index (κ2) is 4.85. The summed E-state index contributed by atoms with van der Waals surface area (Å²) in [6, 6.07) is 0.574. The number of nitrogens with one attached hydrogen (secondary N) is 1. The maximum atomic E-state index is 5.98. The molecule has 0 aromatic carbocycles. The smallest absolute Gasteiger partial charge is 0.149 e. The van der Waals surface area contributed by atoms with E-state index in [9.17, 15) is 0 Å². The largest absolute Gasteiger partial charge is 0.382 e. The lowest BCUT2D eigenvalue weighted by atomic mass is 10.2. The van der Waals surface area contributed by atoms with Crippen LogP contribution in [0.1, 0.15) is 31.4 Å². The van der Waals surface area contributed by atoms with Crippen LogP contribution in [0.15, 0.2) is 5.38 Å². The van der Waals surface area contributed by atoms with Gasteiger partial charge in [-0.25, -0.2) is 4.98 Å². The SMILES string of the molecule is Cc1csc(-c2c(N)nsc2NC2CCCC2)n1. The van der Waals surface area contributed by atoms with E-state index in [2.05, 4.69) is 14.7 Å². The fourth-order valence-electron chi connectivity index (χ4n) is 2.33. The zero-order chi connectivity index (χ0) is 12.5. The van der Waals surface area contributed by atoms with E-state index in [-0.39, 0.29) is 0 Å². The molecule has 1 saturated carbocycles. The highest BCUT2D eigenvalue weighted by Crippen LogP contribution is 2.39. The number of hydrogen-bond acceptors (Lipinski definition) is 6. The van der Waals surface area contributed by atoms with Crippen LogP contribution in [-0.4, -0.2) is 15.4 Å². The molecule has 2 aromatic rings. The second-order valence-electron chi connectivity index (χ2n) is 4.69. The maximum absolute atomic E-state index is 5.98. The first-order valence-corrected chi connectivity index (χ1v) is 7.83. The summed E-state index contributed by atoms with van der Waals surface area (Å²) in [5.74, 6) is 0.592. The van der Waals surface area contributed by atoms with Gasteiger partial charge in [0.25, 0.3) is 0 Å². The number of rotatable bonds is 3. The Bertz CT molecular complexity index is 540. The van der Waals surface area contributed by atoms with Crippen LogP contribution in [0, 0.1) is 6.92 Å². The average molecular weight is 280 g/mol. The summed E-state index contributed by atoms with van der Waals surface area (Å²) < 4.78 is 4.27. The van der Waals surface area contributed by atoms with Crippen molar-refractivity contribution in [2.45, 2.75) is 38.6 Å². The molecule has 2 heterocycles. The van der Waals surface area contributed by atoms with E-state index < -0.39 is 0 Å². The molecule has 2 aromatic heterocycles. The fraction of sp³-hybridized carbons (Fsp3) is 0.500. The number of thiazole rings is 1. The Labute approximate surface area is 114 Å². The monoisotopic (exact) mass is 280 g/mol. The lowest BCUT2D eigenvalue weighted by molar-refractivity contribution is 0.758. The van der Waals surface area contributed by atoms with Crippen molar-refractivity contribution in [1.82, 2.24) is 9.36 Å². The maximum Gasteiger partial charge on any atom is 0.149 e. The Hall–Kier alpha value is -1.14. The number of nitrogen functional groups attached to an aromatic ring is 1. The summed E-state index contributed by atoms with van der Waals surface area (Å²) in [6.45, 7) is 2.00. The van der Waals surface area contributed by atoms with Crippen LogP contribution >= 0.6 is 22.9 Å². The van der Waals surface area contributed by atoms with E-state index in [1.54, 1.807) is 11.3 Å². The molecule has 18 heavy (non-hydrogen) atoms. The van der Waals surface area contributed by atoms with Crippen molar-refractivity contribution in [3.8, 4) is 10.6 Å². The zero-order valence-electron chi connectivity index (χ0n) is 10.3. The summed E-state index contributed by atoms with van der Waals surface area (Å²) in [7, 11) is 0. The van der Waals surface area contributed by atoms with Crippen LogP contribution in [0.25, 0.3) is 10.6 Å². The third-order valence-corrected chi connectivity index (χ3v) is 5.01. The first-order chi connectivity index (χ1) is 8.74. The third-order valence-electron chi connectivity index (χ3n) is 3.24. The molecule has 4 nitrogen and oxygen atoms in total. The summed E-state index contributed by atoms with van der Waals surface area (Å²) in [6.07, 6.45) is 5.12. The Morgan fingerprint density at radius 2 is 2.17 bits per heavy atom. The predicted molar refractivity (Wildman–Crippen MR) is 78.3 cm³/mol. The predicted octanol–water partition coefficient (Wildman–Crippen LogP) is 3.51. The lowest BCUT2D eigenvalue weighted by Gasteiger charge is -2.12. The molecule has 0 amide bonds. The number of aromatic nitrogens is 2. The van der Waals surface area contributed by atoms with E-state index in [4.69, 9.17) is 5.73 Å². The van der Waals surface area contributed by atoms with Gasteiger partial charge in [0.05, 0.1) is 5.56 Å². The van der Waals surface area contributed by atoms with E-state index in [1.165, 1.54) is 37.2 Å². The van der Waals surface area contributed by atoms with Crippen molar-refractivity contribution in [1.29, 1.82) is 0 Å². The van der Waals surface area contributed by atoms with Gasteiger partial charge in [-0.3, -0.25) is 0 Å². The van der Waals surface area contributed by atoms with Crippen molar-refractivity contribution in [2.24, 2.45) is 0 Å². The number of nitrogens with two attached hydrogens (primary N) is 1. The summed E-state index contributed by atoms with van der Waals surface area (Å²) in [5, 5.41) is 7.68. The standard InChI is InChI=1S/C12H16N4S2/c1-7-6-17-11(14-7)9-10(13)16-18-12(9)15-8-4-2-3-5-8/h6,8,15H,2-5H2,1H3,(H2,13,16). The summed E-state index contributed by atoms with van der Waals surface area (Å²) in [4.78, 5) is 4.51. The van der Waals surface area contributed by atoms with Crippen molar-refractivity contribution < 1.29 is 0 Å². The van der Waals surface area contributed by atoms with E-state index in [0.717, 1.165) is 21.3 Å². The summed E-state index contributed by atoms with van der Waals surface area (Å²) >= 11 is 3.08. The Kier molecular flexibility index (Phi) is 3.22. The highest BCUT2D eigenvalue weighted by atomic mass is 32.1. The minimum Gasteiger partial charge on any atom is -0.382 e. The van der Waals surface area contributed by atoms with Gasteiger partial charge >= 0.3 is 0 Å². The molecular formula is C12H16N4S2. The molecule has 3 rings (SSSR count). The first-order valence-electron chi connectivity index (χ1n) is 6.18. The van der Waals surface area contributed by atoms with Crippen LogP contribution in [0.2, 0.25) is 0 Å². The van der Waals surface area contributed by atoms with Crippen LogP contribution in [-0.2, 0) is 0 Å². The molecule has 1 aliphatic carbocycles. The van der Waals surface area contributed by atoms with Gasteiger partial charge in [-0.05, 0) is 31.3 Å². The van der Waals surface area contributed by atoms with Gasteiger partial charge in [0.2, 0.25) is 0 Å². The topological polar surface area (TPSA) is 63.8 Å². The van der Waals surface area contributed by atoms with Crippen LogP contribution in [0.3, 0.4) is 0 Å². The number of anilines is 2. The molecule has 0 saturated heterocycles. The van der Waals surface area contributed by atoms with Crippen molar-refractivity contribution in [2.75, 3.05) is 11.1 Å². The highest BCUT2D eigenvalue weighted by Gasteiger charge is 2.21. The van der Waals surface area contributed by atoms with Gasteiger partial charge in [-0.1, -0.05) is 12.8 Å². The third kappa shape index (κ3) is 2.22. The van der Waals surface area contributed by atoms with E-state index >= 15 is 0 Å². The van der Waals surface area contributed by atoms with Gasteiger partial charge in [0.1, 0.15) is 15.8 Å². The van der Waals surface area contributed by atoms with Crippen molar-refractivity contribution >= 4 is 33.7 Å². The minimum absolute atomic E-state index is 0.574. The molecule has 0 bridgehead atoms. The minimum atomic E-state index is 0.574.